The molecule has 0 spiro atoms. The molecule has 1 atom stereocenters. The first-order valence-electron chi connectivity index (χ1n) is 7.99. The van der Waals surface area contributed by atoms with Gasteiger partial charge in [0.05, 0.1) is 18.9 Å². The lowest BCUT2D eigenvalue weighted by molar-refractivity contribution is 0.189. The number of amides is 2. The van der Waals surface area contributed by atoms with E-state index in [4.69, 9.17) is 16.3 Å². The Morgan fingerprint density at radius 2 is 2.24 bits per heavy atom. The molecule has 2 amide bonds. The van der Waals surface area contributed by atoms with Crippen molar-refractivity contribution in [2.75, 3.05) is 37.4 Å². The number of benzene rings is 1. The topological polar surface area (TPSA) is 70.6 Å². The van der Waals surface area contributed by atoms with E-state index < -0.39 is 0 Å². The molecule has 1 aliphatic heterocycles. The van der Waals surface area contributed by atoms with Gasteiger partial charge in [0.1, 0.15) is 6.10 Å². The Bertz CT molecular complexity index is 755. The highest BCUT2D eigenvalue weighted by Crippen LogP contribution is 2.20. The molecule has 0 aliphatic carbocycles. The van der Waals surface area contributed by atoms with Crippen LogP contribution in [0.4, 0.5) is 16.3 Å². The number of ether oxygens (including phenoxy) is 1. The van der Waals surface area contributed by atoms with Crippen molar-refractivity contribution in [3.63, 3.8) is 0 Å². The summed E-state index contributed by atoms with van der Waals surface area (Å²) < 4.78 is 5.87. The molecular formula is C17H20ClN5O2. The van der Waals surface area contributed by atoms with E-state index in [-0.39, 0.29) is 12.1 Å². The monoisotopic (exact) mass is 361 g/mol. The quantitative estimate of drug-likeness (QED) is 0.906. The largest absolute Gasteiger partial charge is 0.471 e. The number of hydrogen-bond acceptors (Lipinski definition) is 5. The van der Waals surface area contributed by atoms with Gasteiger partial charge in [-0.05, 0) is 18.2 Å². The second kappa shape index (κ2) is 7.57. The van der Waals surface area contributed by atoms with E-state index in [1.165, 1.54) is 0 Å². The standard InChI is InChI=1S/C17H20ClN5O2/c1-22(2)15-9-19-10-16(21-15)25-14-6-7-23(11-14)17(24)20-13-5-3-4-12(18)8-13/h3-5,8-10,14H,6-7,11H2,1-2H3,(H,20,24). The molecular weight excluding hydrogens is 342 g/mol. The summed E-state index contributed by atoms with van der Waals surface area (Å²) in [4.78, 5) is 24.4. The van der Waals surface area contributed by atoms with Crippen LogP contribution in [0.3, 0.4) is 0 Å². The normalized spacial score (nSPS) is 16.6. The molecule has 0 radical (unpaired) electrons. The number of nitrogens with zero attached hydrogens (tertiary/aromatic N) is 4. The van der Waals surface area contributed by atoms with Crippen LogP contribution < -0.4 is 15.0 Å². The van der Waals surface area contributed by atoms with Crippen molar-refractivity contribution in [1.29, 1.82) is 0 Å². The predicted octanol–water partition coefficient (Wildman–Crippen LogP) is 2.88. The molecule has 0 saturated carbocycles. The lowest BCUT2D eigenvalue weighted by atomic mass is 10.3. The fourth-order valence-corrected chi connectivity index (χ4v) is 2.75. The van der Waals surface area contributed by atoms with Crippen LogP contribution in [0.1, 0.15) is 6.42 Å². The number of carbonyl (C=O) groups is 1. The zero-order chi connectivity index (χ0) is 17.8. The zero-order valence-corrected chi connectivity index (χ0v) is 14.9. The third-order valence-electron chi connectivity index (χ3n) is 3.85. The van der Waals surface area contributed by atoms with E-state index in [0.29, 0.717) is 29.7 Å². The highest BCUT2D eigenvalue weighted by atomic mass is 35.5. The minimum absolute atomic E-state index is 0.100. The molecule has 1 aromatic heterocycles. The summed E-state index contributed by atoms with van der Waals surface area (Å²) in [5.74, 6) is 1.19. The van der Waals surface area contributed by atoms with Gasteiger partial charge in [-0.25, -0.2) is 4.79 Å². The minimum atomic E-state index is -0.165. The van der Waals surface area contributed by atoms with Crippen LogP contribution in [0.2, 0.25) is 5.02 Å². The van der Waals surface area contributed by atoms with Crippen molar-refractivity contribution in [3.8, 4) is 5.88 Å². The number of hydrogen-bond donors (Lipinski definition) is 1. The van der Waals surface area contributed by atoms with Crippen LogP contribution in [0, 0.1) is 0 Å². The first-order valence-corrected chi connectivity index (χ1v) is 8.36. The molecule has 1 unspecified atom stereocenters. The van der Waals surface area contributed by atoms with E-state index in [0.717, 1.165) is 12.2 Å². The van der Waals surface area contributed by atoms with Crippen molar-refractivity contribution < 1.29 is 9.53 Å². The first-order chi connectivity index (χ1) is 12.0. The smallest absolute Gasteiger partial charge is 0.321 e. The maximum absolute atomic E-state index is 12.3. The van der Waals surface area contributed by atoms with Gasteiger partial charge < -0.3 is 19.9 Å². The van der Waals surface area contributed by atoms with Gasteiger partial charge in [0.25, 0.3) is 0 Å². The Balaban J connectivity index is 1.56. The Morgan fingerprint density at radius 1 is 1.40 bits per heavy atom. The number of halogens is 1. The summed E-state index contributed by atoms with van der Waals surface area (Å²) in [6.45, 7) is 1.12. The molecule has 1 saturated heterocycles. The number of carbonyl (C=O) groups excluding carboxylic acids is 1. The molecule has 7 nitrogen and oxygen atoms in total. The van der Waals surface area contributed by atoms with Gasteiger partial charge in [0, 0.05) is 37.8 Å². The molecule has 25 heavy (non-hydrogen) atoms. The minimum Gasteiger partial charge on any atom is -0.471 e. The first kappa shape index (κ1) is 17.3. The van der Waals surface area contributed by atoms with E-state index in [1.54, 1.807) is 41.6 Å². The number of aromatic nitrogens is 2. The zero-order valence-electron chi connectivity index (χ0n) is 14.1. The summed E-state index contributed by atoms with van der Waals surface area (Å²) in [6.07, 6.45) is 3.90. The Kier molecular flexibility index (Phi) is 5.23. The number of urea groups is 1. The van der Waals surface area contributed by atoms with Gasteiger partial charge in [0.15, 0.2) is 5.82 Å². The molecule has 2 heterocycles. The highest BCUT2D eigenvalue weighted by molar-refractivity contribution is 6.30. The average molecular weight is 362 g/mol. The number of nitrogens with one attached hydrogen (secondary N) is 1. The summed E-state index contributed by atoms with van der Waals surface area (Å²) >= 11 is 5.94. The lowest BCUT2D eigenvalue weighted by Crippen LogP contribution is -2.34. The van der Waals surface area contributed by atoms with Gasteiger partial charge in [-0.2, -0.15) is 4.98 Å². The molecule has 2 aromatic rings. The van der Waals surface area contributed by atoms with Crippen LogP contribution in [0.5, 0.6) is 5.88 Å². The number of rotatable bonds is 4. The van der Waals surface area contributed by atoms with Crippen LogP contribution >= 0.6 is 11.6 Å². The van der Waals surface area contributed by atoms with Crippen molar-refractivity contribution >= 4 is 29.1 Å². The van der Waals surface area contributed by atoms with Crippen LogP contribution in [-0.2, 0) is 0 Å². The maximum Gasteiger partial charge on any atom is 0.321 e. The van der Waals surface area contributed by atoms with Gasteiger partial charge in [0.2, 0.25) is 5.88 Å². The molecule has 1 aliphatic rings. The lowest BCUT2D eigenvalue weighted by Gasteiger charge is -2.18. The fraction of sp³-hybridized carbons (Fsp3) is 0.353. The van der Waals surface area contributed by atoms with Gasteiger partial charge in [-0.15, -0.1) is 0 Å². The molecule has 1 N–H and O–H groups in total. The molecule has 132 valence electrons. The highest BCUT2D eigenvalue weighted by Gasteiger charge is 2.28. The van der Waals surface area contributed by atoms with Crippen molar-refractivity contribution in [2.24, 2.45) is 0 Å². The van der Waals surface area contributed by atoms with Crippen molar-refractivity contribution in [2.45, 2.75) is 12.5 Å². The second-order valence-corrected chi connectivity index (χ2v) is 6.46. The van der Waals surface area contributed by atoms with Crippen LogP contribution in [0.15, 0.2) is 36.7 Å². The number of likely N-dealkylation sites (tertiary alicyclic amines) is 1. The third kappa shape index (κ3) is 4.51. The van der Waals surface area contributed by atoms with Gasteiger partial charge >= 0.3 is 6.03 Å². The third-order valence-corrected chi connectivity index (χ3v) is 4.09. The maximum atomic E-state index is 12.3. The van der Waals surface area contributed by atoms with Crippen molar-refractivity contribution in [3.05, 3.63) is 41.7 Å². The summed E-state index contributed by atoms with van der Waals surface area (Å²) in [7, 11) is 3.79. The van der Waals surface area contributed by atoms with Crippen LogP contribution in [-0.4, -0.2) is 54.2 Å². The molecule has 0 bridgehead atoms. The SMILES string of the molecule is CN(C)c1cncc(OC2CCN(C(=O)Nc3cccc(Cl)c3)C2)n1. The average Bonchev–Trinajstić information content (AvgIpc) is 3.04. The Labute approximate surface area is 151 Å². The van der Waals surface area contributed by atoms with Crippen molar-refractivity contribution in [1.82, 2.24) is 14.9 Å². The van der Waals surface area contributed by atoms with E-state index in [1.807, 2.05) is 19.0 Å². The van der Waals surface area contributed by atoms with E-state index in [2.05, 4.69) is 15.3 Å². The Morgan fingerprint density at radius 3 is 3.00 bits per heavy atom. The molecule has 8 heteroatoms. The van der Waals surface area contributed by atoms with Gasteiger partial charge in [-0.3, -0.25) is 4.98 Å². The Hall–Kier alpha value is -2.54. The summed E-state index contributed by atoms with van der Waals surface area (Å²) in [5, 5.41) is 3.43. The molecule has 1 fully saturated rings. The van der Waals surface area contributed by atoms with E-state index in [9.17, 15) is 4.79 Å². The molecule has 3 rings (SSSR count). The van der Waals surface area contributed by atoms with Crippen LogP contribution in [0.25, 0.3) is 0 Å². The van der Waals surface area contributed by atoms with Gasteiger partial charge in [-0.1, -0.05) is 17.7 Å². The summed E-state index contributed by atoms with van der Waals surface area (Å²) in [5.41, 5.74) is 0.673. The fourth-order valence-electron chi connectivity index (χ4n) is 2.56. The second-order valence-electron chi connectivity index (χ2n) is 6.02. The number of anilines is 2. The summed E-state index contributed by atoms with van der Waals surface area (Å²) in [6, 6.07) is 6.91. The predicted molar refractivity (Wildman–Crippen MR) is 97.4 cm³/mol. The molecule has 1 aromatic carbocycles. The van der Waals surface area contributed by atoms with E-state index >= 15 is 0 Å².